The summed E-state index contributed by atoms with van der Waals surface area (Å²) in [6.45, 7) is 0.0193. The molecule has 0 aromatic heterocycles. The minimum Gasteiger partial charge on any atom is -0.395 e. The molecule has 0 saturated heterocycles. The normalized spacial score (nSPS) is 20.0. The first-order valence-corrected chi connectivity index (χ1v) is 4.44. The van der Waals surface area contributed by atoms with Gasteiger partial charge in [0.25, 0.3) is 5.91 Å². The molecule has 1 aromatic carbocycles. The number of nitrogens with zero attached hydrogens (tertiary/aromatic N) is 1. The van der Waals surface area contributed by atoms with Gasteiger partial charge in [0.15, 0.2) is 6.23 Å². The predicted octanol–water partition coefficient (Wildman–Crippen LogP) is 0.126. The van der Waals surface area contributed by atoms with Crippen LogP contribution in [0.4, 0.5) is 0 Å². The van der Waals surface area contributed by atoms with Crippen molar-refractivity contribution in [3.8, 4) is 0 Å². The number of hydrogen-bond donors (Lipinski definition) is 2. The number of rotatable bonds is 2. The van der Waals surface area contributed by atoms with E-state index in [1.165, 1.54) is 4.90 Å². The molecular weight excluding hydrogens is 182 g/mol. The van der Waals surface area contributed by atoms with Crippen LogP contribution in [0.5, 0.6) is 0 Å². The van der Waals surface area contributed by atoms with E-state index >= 15 is 0 Å². The van der Waals surface area contributed by atoms with Crippen LogP contribution in [0.25, 0.3) is 0 Å². The van der Waals surface area contributed by atoms with Crippen molar-refractivity contribution in [2.45, 2.75) is 6.23 Å². The molecule has 0 unspecified atom stereocenters. The Bertz CT molecular complexity index is 364. The summed E-state index contributed by atoms with van der Waals surface area (Å²) in [4.78, 5) is 12.9. The van der Waals surface area contributed by atoms with Crippen LogP contribution in [0.1, 0.15) is 22.1 Å². The first-order chi connectivity index (χ1) is 6.75. The molecule has 0 fully saturated rings. The summed E-state index contributed by atoms with van der Waals surface area (Å²) in [5, 5.41) is 18.5. The van der Waals surface area contributed by atoms with Gasteiger partial charge >= 0.3 is 0 Å². The third-order valence-corrected chi connectivity index (χ3v) is 2.37. The molecule has 2 rings (SSSR count). The van der Waals surface area contributed by atoms with E-state index in [0.717, 1.165) is 0 Å². The van der Waals surface area contributed by atoms with E-state index in [2.05, 4.69) is 0 Å². The van der Waals surface area contributed by atoms with Gasteiger partial charge in [-0.1, -0.05) is 18.2 Å². The lowest BCUT2D eigenvalue weighted by atomic mass is 10.1. The lowest BCUT2D eigenvalue weighted by Gasteiger charge is -2.19. The summed E-state index contributed by atoms with van der Waals surface area (Å²) < 4.78 is 0. The van der Waals surface area contributed by atoms with Crippen LogP contribution in [-0.4, -0.2) is 34.2 Å². The number of fused-ring (bicyclic) bond motifs is 1. The van der Waals surface area contributed by atoms with Gasteiger partial charge in [0.1, 0.15) is 0 Å². The topological polar surface area (TPSA) is 60.8 Å². The fourth-order valence-electron chi connectivity index (χ4n) is 1.68. The third-order valence-electron chi connectivity index (χ3n) is 2.37. The molecule has 4 heteroatoms. The second kappa shape index (κ2) is 3.40. The Labute approximate surface area is 81.4 Å². The summed E-state index contributed by atoms with van der Waals surface area (Å²) in [6.07, 6.45) is -0.911. The van der Waals surface area contributed by atoms with Crippen molar-refractivity contribution in [3.05, 3.63) is 35.4 Å². The molecule has 0 spiro atoms. The van der Waals surface area contributed by atoms with Crippen LogP contribution < -0.4 is 0 Å². The van der Waals surface area contributed by atoms with E-state index in [9.17, 15) is 9.90 Å². The molecule has 2 N–H and O–H groups in total. The molecule has 1 heterocycles. The zero-order chi connectivity index (χ0) is 10.1. The van der Waals surface area contributed by atoms with Crippen LogP contribution in [-0.2, 0) is 0 Å². The Morgan fingerprint density at radius 1 is 1.36 bits per heavy atom. The molecule has 0 bridgehead atoms. The largest absolute Gasteiger partial charge is 0.395 e. The number of aliphatic hydroxyl groups excluding tert-OH is 2. The van der Waals surface area contributed by atoms with E-state index in [0.29, 0.717) is 11.1 Å². The summed E-state index contributed by atoms with van der Waals surface area (Å²) in [5.41, 5.74) is 1.14. The average molecular weight is 193 g/mol. The van der Waals surface area contributed by atoms with Gasteiger partial charge in [-0.15, -0.1) is 0 Å². The molecule has 0 saturated carbocycles. The monoisotopic (exact) mass is 193 g/mol. The van der Waals surface area contributed by atoms with E-state index in [-0.39, 0.29) is 19.1 Å². The Morgan fingerprint density at radius 3 is 2.71 bits per heavy atom. The molecule has 0 radical (unpaired) electrons. The van der Waals surface area contributed by atoms with Crippen LogP contribution in [0, 0.1) is 0 Å². The van der Waals surface area contributed by atoms with Crippen molar-refractivity contribution in [1.82, 2.24) is 4.90 Å². The van der Waals surface area contributed by atoms with Crippen molar-refractivity contribution < 1.29 is 15.0 Å². The fourth-order valence-corrected chi connectivity index (χ4v) is 1.68. The molecule has 1 aliphatic rings. The predicted molar refractivity (Wildman–Crippen MR) is 49.5 cm³/mol. The van der Waals surface area contributed by atoms with Gasteiger partial charge in [-0.3, -0.25) is 4.79 Å². The Balaban J connectivity index is 2.38. The molecule has 1 aromatic rings. The number of β-amino-alcohol motifs (C(OH)–C–C–N with tert-alkyl or cyclic N) is 1. The summed E-state index contributed by atoms with van der Waals surface area (Å²) in [6, 6.07) is 6.93. The number of amides is 1. The SMILES string of the molecule is O=C1c2ccccc2[C@H](O)N1CCO. The number of benzene rings is 1. The first kappa shape index (κ1) is 9.18. The minimum atomic E-state index is -0.911. The highest BCUT2D eigenvalue weighted by Crippen LogP contribution is 2.30. The Kier molecular flexibility index (Phi) is 2.23. The average Bonchev–Trinajstić information content (AvgIpc) is 2.45. The standard InChI is InChI=1S/C10H11NO3/c12-6-5-11-9(13)7-3-1-2-4-8(7)10(11)14/h1-4,9,12-13H,5-6H2/t9-/m0/s1. The maximum atomic E-state index is 11.7. The maximum Gasteiger partial charge on any atom is 0.256 e. The molecule has 14 heavy (non-hydrogen) atoms. The number of aliphatic hydroxyl groups is 2. The Morgan fingerprint density at radius 2 is 2.07 bits per heavy atom. The summed E-state index contributed by atoms with van der Waals surface area (Å²) in [7, 11) is 0. The number of hydrogen-bond acceptors (Lipinski definition) is 3. The third kappa shape index (κ3) is 1.20. The van der Waals surface area contributed by atoms with Gasteiger partial charge in [0.05, 0.1) is 6.61 Å². The van der Waals surface area contributed by atoms with E-state index in [1.54, 1.807) is 24.3 Å². The van der Waals surface area contributed by atoms with Crippen LogP contribution in [0.3, 0.4) is 0 Å². The first-order valence-electron chi connectivity index (χ1n) is 4.44. The minimum absolute atomic E-state index is 0.142. The molecule has 1 aliphatic heterocycles. The highest BCUT2D eigenvalue weighted by molar-refractivity contribution is 5.98. The Hall–Kier alpha value is -1.39. The van der Waals surface area contributed by atoms with Crippen molar-refractivity contribution in [1.29, 1.82) is 0 Å². The van der Waals surface area contributed by atoms with Gasteiger partial charge in [0.2, 0.25) is 0 Å². The maximum absolute atomic E-state index is 11.7. The second-order valence-electron chi connectivity index (χ2n) is 3.18. The van der Waals surface area contributed by atoms with Gasteiger partial charge < -0.3 is 15.1 Å². The fraction of sp³-hybridized carbons (Fsp3) is 0.300. The van der Waals surface area contributed by atoms with Crippen molar-refractivity contribution in [3.63, 3.8) is 0 Å². The highest BCUT2D eigenvalue weighted by atomic mass is 16.3. The molecule has 74 valence electrons. The molecular formula is C10H11NO3. The van der Waals surface area contributed by atoms with Crippen LogP contribution in [0.2, 0.25) is 0 Å². The van der Waals surface area contributed by atoms with Crippen molar-refractivity contribution in [2.24, 2.45) is 0 Å². The highest BCUT2D eigenvalue weighted by Gasteiger charge is 2.34. The smallest absolute Gasteiger partial charge is 0.256 e. The van der Waals surface area contributed by atoms with Crippen LogP contribution >= 0.6 is 0 Å². The second-order valence-corrected chi connectivity index (χ2v) is 3.18. The van der Waals surface area contributed by atoms with Gasteiger partial charge in [-0.2, -0.15) is 0 Å². The molecule has 0 aliphatic carbocycles. The lowest BCUT2D eigenvalue weighted by molar-refractivity contribution is 0.0108. The summed E-state index contributed by atoms with van der Waals surface area (Å²) >= 11 is 0. The van der Waals surface area contributed by atoms with Gasteiger partial charge in [0, 0.05) is 17.7 Å². The molecule has 1 atom stereocenters. The number of carbonyl (C=O) groups is 1. The lowest BCUT2D eigenvalue weighted by Crippen LogP contribution is -2.30. The summed E-state index contributed by atoms with van der Waals surface area (Å²) in [5.74, 6) is -0.220. The number of carbonyl (C=O) groups excluding carboxylic acids is 1. The molecule has 1 amide bonds. The van der Waals surface area contributed by atoms with E-state index < -0.39 is 6.23 Å². The molecule has 4 nitrogen and oxygen atoms in total. The van der Waals surface area contributed by atoms with Gasteiger partial charge in [-0.25, -0.2) is 0 Å². The van der Waals surface area contributed by atoms with E-state index in [4.69, 9.17) is 5.11 Å². The van der Waals surface area contributed by atoms with Crippen molar-refractivity contribution >= 4 is 5.91 Å². The quantitative estimate of drug-likeness (QED) is 0.701. The van der Waals surface area contributed by atoms with Crippen molar-refractivity contribution in [2.75, 3.05) is 13.2 Å². The van der Waals surface area contributed by atoms with E-state index in [1.807, 2.05) is 0 Å². The zero-order valence-electron chi connectivity index (χ0n) is 7.55. The van der Waals surface area contributed by atoms with Crippen LogP contribution in [0.15, 0.2) is 24.3 Å². The zero-order valence-corrected chi connectivity index (χ0v) is 7.55. The van der Waals surface area contributed by atoms with Gasteiger partial charge in [-0.05, 0) is 6.07 Å².